The van der Waals surface area contributed by atoms with Crippen LogP contribution in [0.4, 0.5) is 5.69 Å². The van der Waals surface area contributed by atoms with E-state index in [2.05, 4.69) is 126 Å². The highest BCUT2D eigenvalue weighted by Gasteiger charge is 2.11. The predicted octanol–water partition coefficient (Wildman–Crippen LogP) is 7.06. The Labute approximate surface area is 173 Å². The molecule has 0 aromatic heterocycles. The van der Waals surface area contributed by atoms with Crippen molar-refractivity contribution in [1.29, 1.82) is 0 Å². The van der Waals surface area contributed by atoms with Crippen molar-refractivity contribution in [2.75, 3.05) is 4.90 Å². The molecule has 142 valence electrons. The van der Waals surface area contributed by atoms with Crippen LogP contribution >= 0.6 is 0 Å². The summed E-state index contributed by atoms with van der Waals surface area (Å²) >= 11 is 0. The highest BCUT2D eigenvalue weighted by atomic mass is 15.1. The van der Waals surface area contributed by atoms with Crippen molar-refractivity contribution in [3.05, 3.63) is 138 Å². The van der Waals surface area contributed by atoms with E-state index < -0.39 is 0 Å². The number of benzene rings is 4. The molecule has 0 bridgehead atoms. The number of para-hydroxylation sites is 1. The fourth-order valence-electron chi connectivity index (χ4n) is 3.50. The van der Waals surface area contributed by atoms with Gasteiger partial charge in [0.05, 0.1) is 0 Å². The Morgan fingerprint density at radius 2 is 0.966 bits per heavy atom. The van der Waals surface area contributed by atoms with E-state index in [-0.39, 0.29) is 0 Å². The molecule has 4 rings (SSSR count). The minimum atomic E-state index is 0.867. The van der Waals surface area contributed by atoms with E-state index in [9.17, 15) is 0 Å². The fraction of sp³-hybridized carbons (Fsp3) is 0.0714. The molecule has 4 aromatic rings. The number of anilines is 1. The standard InChI is InChI=1S/C28H25N/c1-4-12-24(13-5-1)20-21-27-18-10-11-19-28(27)29(22-25-14-6-2-7-15-25)23-26-16-8-3-9-17-26/h1-21H,22-23H2. The van der Waals surface area contributed by atoms with Crippen LogP contribution in [0.5, 0.6) is 0 Å². The summed E-state index contributed by atoms with van der Waals surface area (Å²) in [5.41, 5.74) is 6.30. The Morgan fingerprint density at radius 3 is 1.55 bits per heavy atom. The molecule has 0 amide bonds. The van der Waals surface area contributed by atoms with Gasteiger partial charge in [-0.2, -0.15) is 0 Å². The maximum absolute atomic E-state index is 2.45. The number of hydrogen-bond acceptors (Lipinski definition) is 1. The topological polar surface area (TPSA) is 3.24 Å². The minimum absolute atomic E-state index is 0.867. The summed E-state index contributed by atoms with van der Waals surface area (Å²) in [7, 11) is 0. The van der Waals surface area contributed by atoms with Gasteiger partial charge in [0.15, 0.2) is 0 Å². The van der Waals surface area contributed by atoms with Crippen molar-refractivity contribution >= 4 is 17.8 Å². The van der Waals surface area contributed by atoms with Crippen molar-refractivity contribution in [1.82, 2.24) is 0 Å². The Balaban J connectivity index is 1.67. The summed E-state index contributed by atoms with van der Waals surface area (Å²) in [6, 6.07) is 40.4. The largest absolute Gasteiger partial charge is 0.362 e. The third-order valence-electron chi connectivity index (χ3n) is 4.96. The van der Waals surface area contributed by atoms with E-state index >= 15 is 0 Å². The molecular formula is C28H25N. The monoisotopic (exact) mass is 375 g/mol. The Kier molecular flexibility index (Phi) is 6.19. The summed E-state index contributed by atoms with van der Waals surface area (Å²) in [6.07, 6.45) is 4.40. The van der Waals surface area contributed by atoms with Gasteiger partial charge in [-0.15, -0.1) is 0 Å². The Morgan fingerprint density at radius 1 is 0.483 bits per heavy atom. The zero-order valence-corrected chi connectivity index (χ0v) is 16.5. The van der Waals surface area contributed by atoms with Gasteiger partial charge in [-0.25, -0.2) is 0 Å². The van der Waals surface area contributed by atoms with Gasteiger partial charge < -0.3 is 4.90 Å². The molecule has 0 radical (unpaired) electrons. The molecule has 0 atom stereocenters. The lowest BCUT2D eigenvalue weighted by atomic mass is 10.1. The average molecular weight is 376 g/mol. The van der Waals surface area contributed by atoms with Crippen molar-refractivity contribution in [3.63, 3.8) is 0 Å². The van der Waals surface area contributed by atoms with Crippen LogP contribution < -0.4 is 4.90 Å². The fourth-order valence-corrected chi connectivity index (χ4v) is 3.50. The van der Waals surface area contributed by atoms with Crippen LogP contribution in [0.2, 0.25) is 0 Å². The first kappa shape index (κ1) is 18.8. The molecule has 0 aliphatic heterocycles. The molecule has 0 unspecified atom stereocenters. The van der Waals surface area contributed by atoms with Crippen LogP contribution in [0.25, 0.3) is 12.2 Å². The van der Waals surface area contributed by atoms with Crippen LogP contribution in [-0.2, 0) is 13.1 Å². The summed E-state index contributed by atoms with van der Waals surface area (Å²) in [4.78, 5) is 2.45. The van der Waals surface area contributed by atoms with Crippen LogP contribution in [0.1, 0.15) is 22.3 Å². The van der Waals surface area contributed by atoms with E-state index in [1.54, 1.807) is 0 Å². The second-order valence-electron chi connectivity index (χ2n) is 7.13. The molecule has 0 aliphatic carbocycles. The normalized spacial score (nSPS) is 10.9. The molecular weight excluding hydrogens is 350 g/mol. The molecule has 0 N–H and O–H groups in total. The summed E-state index contributed by atoms with van der Waals surface area (Å²) in [6.45, 7) is 1.73. The SMILES string of the molecule is C(=Cc1ccccc1N(Cc1ccccc1)Cc1ccccc1)c1ccccc1. The van der Waals surface area contributed by atoms with E-state index in [4.69, 9.17) is 0 Å². The maximum atomic E-state index is 2.45. The minimum Gasteiger partial charge on any atom is -0.362 e. The van der Waals surface area contributed by atoms with Crippen molar-refractivity contribution in [2.24, 2.45) is 0 Å². The lowest BCUT2D eigenvalue weighted by molar-refractivity contribution is 0.799. The van der Waals surface area contributed by atoms with E-state index in [1.807, 2.05) is 6.07 Å². The Hall–Kier alpha value is -3.58. The zero-order chi connectivity index (χ0) is 19.7. The van der Waals surface area contributed by atoms with Crippen molar-refractivity contribution in [3.8, 4) is 0 Å². The van der Waals surface area contributed by atoms with Crippen LogP contribution in [0, 0.1) is 0 Å². The second kappa shape index (κ2) is 9.57. The molecule has 29 heavy (non-hydrogen) atoms. The first-order chi connectivity index (χ1) is 14.4. The third kappa shape index (κ3) is 5.24. The molecule has 4 aromatic carbocycles. The first-order valence-electron chi connectivity index (χ1n) is 10.0. The molecule has 0 heterocycles. The highest BCUT2D eigenvalue weighted by Crippen LogP contribution is 2.26. The summed E-state index contributed by atoms with van der Waals surface area (Å²) < 4.78 is 0. The smallest absolute Gasteiger partial charge is 0.0445 e. The lowest BCUT2D eigenvalue weighted by Crippen LogP contribution is -2.22. The highest BCUT2D eigenvalue weighted by molar-refractivity contribution is 5.77. The van der Waals surface area contributed by atoms with E-state index in [0.717, 1.165) is 13.1 Å². The number of rotatable bonds is 7. The molecule has 0 saturated heterocycles. The second-order valence-corrected chi connectivity index (χ2v) is 7.13. The van der Waals surface area contributed by atoms with Gasteiger partial charge in [-0.3, -0.25) is 0 Å². The molecule has 1 heteroatoms. The molecule has 0 fully saturated rings. The number of hydrogen-bond donors (Lipinski definition) is 0. The first-order valence-corrected chi connectivity index (χ1v) is 10.0. The van der Waals surface area contributed by atoms with Crippen molar-refractivity contribution in [2.45, 2.75) is 13.1 Å². The zero-order valence-electron chi connectivity index (χ0n) is 16.5. The quantitative estimate of drug-likeness (QED) is 0.312. The van der Waals surface area contributed by atoms with E-state index in [1.165, 1.54) is 27.9 Å². The maximum Gasteiger partial charge on any atom is 0.0445 e. The van der Waals surface area contributed by atoms with Crippen LogP contribution in [-0.4, -0.2) is 0 Å². The summed E-state index contributed by atoms with van der Waals surface area (Å²) in [5.74, 6) is 0. The van der Waals surface area contributed by atoms with Gasteiger partial charge >= 0.3 is 0 Å². The lowest BCUT2D eigenvalue weighted by Gasteiger charge is -2.27. The average Bonchev–Trinajstić information content (AvgIpc) is 2.80. The van der Waals surface area contributed by atoms with E-state index in [0.29, 0.717) is 0 Å². The molecule has 1 nitrogen and oxygen atoms in total. The van der Waals surface area contributed by atoms with Gasteiger partial charge in [0.25, 0.3) is 0 Å². The number of nitrogens with zero attached hydrogens (tertiary/aromatic N) is 1. The van der Waals surface area contributed by atoms with Crippen LogP contribution in [0.3, 0.4) is 0 Å². The molecule has 0 saturated carbocycles. The molecule has 0 aliphatic rings. The van der Waals surface area contributed by atoms with Gasteiger partial charge in [-0.05, 0) is 28.3 Å². The van der Waals surface area contributed by atoms with Gasteiger partial charge in [0, 0.05) is 18.8 Å². The van der Waals surface area contributed by atoms with Crippen LogP contribution in [0.15, 0.2) is 115 Å². The predicted molar refractivity (Wildman–Crippen MR) is 125 cm³/mol. The third-order valence-corrected chi connectivity index (χ3v) is 4.96. The van der Waals surface area contributed by atoms with Gasteiger partial charge in [0.1, 0.15) is 0 Å². The van der Waals surface area contributed by atoms with Crippen molar-refractivity contribution < 1.29 is 0 Å². The Bertz CT molecular complexity index is 996. The summed E-state index contributed by atoms with van der Waals surface area (Å²) in [5, 5.41) is 0. The molecule has 0 spiro atoms. The van der Waals surface area contributed by atoms with Gasteiger partial charge in [-0.1, -0.05) is 121 Å². The van der Waals surface area contributed by atoms with Gasteiger partial charge in [0.2, 0.25) is 0 Å².